The SMILES string of the molecule is CC(F)CCCCCCCCCC1OCCCO1. The first-order valence-electron chi connectivity index (χ1n) is 7.66. The van der Waals surface area contributed by atoms with Crippen LogP contribution in [0.3, 0.4) is 0 Å². The van der Waals surface area contributed by atoms with Gasteiger partial charge in [0.25, 0.3) is 0 Å². The number of hydrogen-bond acceptors (Lipinski definition) is 2. The molecule has 1 saturated heterocycles. The van der Waals surface area contributed by atoms with E-state index < -0.39 is 6.17 Å². The summed E-state index contributed by atoms with van der Waals surface area (Å²) in [6.07, 6.45) is 10.8. The highest BCUT2D eigenvalue weighted by atomic mass is 19.1. The molecule has 18 heavy (non-hydrogen) atoms. The molecule has 1 fully saturated rings. The average molecular weight is 260 g/mol. The summed E-state index contributed by atoms with van der Waals surface area (Å²) in [6.45, 7) is 3.37. The van der Waals surface area contributed by atoms with Crippen molar-refractivity contribution in [2.24, 2.45) is 0 Å². The Bertz CT molecular complexity index is 179. The van der Waals surface area contributed by atoms with Crippen molar-refractivity contribution in [1.82, 2.24) is 0 Å². The highest BCUT2D eigenvalue weighted by Gasteiger charge is 2.12. The Balaban J connectivity index is 1.75. The summed E-state index contributed by atoms with van der Waals surface area (Å²) in [5.41, 5.74) is 0. The molecule has 0 spiro atoms. The van der Waals surface area contributed by atoms with Crippen LogP contribution >= 0.6 is 0 Å². The lowest BCUT2D eigenvalue weighted by atomic mass is 10.1. The maximum Gasteiger partial charge on any atom is 0.157 e. The lowest BCUT2D eigenvalue weighted by molar-refractivity contribution is -0.181. The van der Waals surface area contributed by atoms with E-state index in [9.17, 15) is 4.39 Å². The molecule has 1 aliphatic heterocycles. The van der Waals surface area contributed by atoms with Crippen molar-refractivity contribution < 1.29 is 13.9 Å². The minimum atomic E-state index is -0.625. The number of hydrogen-bond donors (Lipinski definition) is 0. The van der Waals surface area contributed by atoms with Crippen LogP contribution in [0.25, 0.3) is 0 Å². The molecule has 108 valence electrons. The normalized spacial score (nSPS) is 19.0. The van der Waals surface area contributed by atoms with Gasteiger partial charge >= 0.3 is 0 Å². The summed E-state index contributed by atoms with van der Waals surface area (Å²) >= 11 is 0. The first-order chi connectivity index (χ1) is 8.79. The van der Waals surface area contributed by atoms with Crippen molar-refractivity contribution in [2.45, 2.75) is 83.6 Å². The van der Waals surface area contributed by atoms with Crippen molar-refractivity contribution in [1.29, 1.82) is 0 Å². The van der Waals surface area contributed by atoms with Gasteiger partial charge in [-0.05, 0) is 32.6 Å². The molecule has 1 heterocycles. The van der Waals surface area contributed by atoms with E-state index in [4.69, 9.17) is 9.47 Å². The molecule has 0 amide bonds. The Morgan fingerprint density at radius 1 is 0.944 bits per heavy atom. The zero-order chi connectivity index (χ0) is 13.1. The third kappa shape index (κ3) is 8.87. The largest absolute Gasteiger partial charge is 0.353 e. The maximum atomic E-state index is 12.5. The predicted molar refractivity (Wildman–Crippen MR) is 72.4 cm³/mol. The van der Waals surface area contributed by atoms with E-state index in [0.29, 0.717) is 0 Å². The molecule has 1 aliphatic rings. The number of unbranched alkanes of at least 4 members (excludes halogenated alkanes) is 6. The van der Waals surface area contributed by atoms with Crippen LogP contribution in [-0.4, -0.2) is 25.7 Å². The number of rotatable bonds is 10. The van der Waals surface area contributed by atoms with Crippen molar-refractivity contribution >= 4 is 0 Å². The monoisotopic (exact) mass is 260 g/mol. The lowest BCUT2D eigenvalue weighted by Gasteiger charge is -2.22. The zero-order valence-electron chi connectivity index (χ0n) is 11.8. The van der Waals surface area contributed by atoms with Crippen LogP contribution in [0.4, 0.5) is 4.39 Å². The molecule has 1 rings (SSSR count). The highest BCUT2D eigenvalue weighted by Crippen LogP contribution is 2.15. The minimum absolute atomic E-state index is 0.0600. The van der Waals surface area contributed by atoms with Crippen molar-refractivity contribution in [3.63, 3.8) is 0 Å². The molecular formula is C15H29FO2. The Hall–Kier alpha value is -0.150. The molecule has 0 aromatic rings. The topological polar surface area (TPSA) is 18.5 Å². The van der Waals surface area contributed by atoms with Crippen LogP contribution in [0.2, 0.25) is 0 Å². The Morgan fingerprint density at radius 2 is 1.50 bits per heavy atom. The van der Waals surface area contributed by atoms with Crippen molar-refractivity contribution in [3.05, 3.63) is 0 Å². The van der Waals surface area contributed by atoms with Gasteiger partial charge < -0.3 is 9.47 Å². The second-order valence-corrected chi connectivity index (χ2v) is 5.36. The average Bonchev–Trinajstić information content (AvgIpc) is 2.37. The van der Waals surface area contributed by atoms with E-state index in [1.165, 1.54) is 38.5 Å². The van der Waals surface area contributed by atoms with Gasteiger partial charge in [0.05, 0.1) is 19.4 Å². The Morgan fingerprint density at radius 3 is 2.11 bits per heavy atom. The van der Waals surface area contributed by atoms with Gasteiger partial charge in [-0.25, -0.2) is 4.39 Å². The van der Waals surface area contributed by atoms with Gasteiger partial charge in [0, 0.05) is 0 Å². The molecule has 0 aromatic heterocycles. The quantitative estimate of drug-likeness (QED) is 0.534. The summed E-state index contributed by atoms with van der Waals surface area (Å²) in [7, 11) is 0. The van der Waals surface area contributed by atoms with Gasteiger partial charge in [0.2, 0.25) is 0 Å². The third-order valence-electron chi connectivity index (χ3n) is 3.44. The number of halogens is 1. The van der Waals surface area contributed by atoms with Crippen LogP contribution in [-0.2, 0) is 9.47 Å². The minimum Gasteiger partial charge on any atom is -0.353 e. The zero-order valence-corrected chi connectivity index (χ0v) is 11.8. The van der Waals surface area contributed by atoms with Gasteiger partial charge in [-0.1, -0.05) is 38.5 Å². The number of alkyl halides is 1. The van der Waals surface area contributed by atoms with E-state index in [2.05, 4.69) is 0 Å². The van der Waals surface area contributed by atoms with E-state index in [0.717, 1.165) is 38.9 Å². The second kappa shape index (κ2) is 10.7. The lowest BCUT2D eigenvalue weighted by Crippen LogP contribution is -2.24. The molecule has 0 bridgehead atoms. The fourth-order valence-corrected chi connectivity index (χ4v) is 2.32. The van der Waals surface area contributed by atoms with Crippen LogP contribution in [0.5, 0.6) is 0 Å². The first-order valence-corrected chi connectivity index (χ1v) is 7.66. The summed E-state index contributed by atoms with van der Waals surface area (Å²) in [4.78, 5) is 0. The van der Waals surface area contributed by atoms with Gasteiger partial charge in [-0.2, -0.15) is 0 Å². The van der Waals surface area contributed by atoms with Gasteiger partial charge in [-0.15, -0.1) is 0 Å². The number of ether oxygens (including phenoxy) is 2. The summed E-state index contributed by atoms with van der Waals surface area (Å²) in [5, 5.41) is 0. The summed E-state index contributed by atoms with van der Waals surface area (Å²) in [5.74, 6) is 0. The smallest absolute Gasteiger partial charge is 0.157 e. The van der Waals surface area contributed by atoms with Crippen LogP contribution in [0.1, 0.15) is 71.1 Å². The molecule has 1 unspecified atom stereocenters. The third-order valence-corrected chi connectivity index (χ3v) is 3.44. The summed E-state index contributed by atoms with van der Waals surface area (Å²) < 4.78 is 23.5. The molecule has 0 saturated carbocycles. The molecule has 1 atom stereocenters. The van der Waals surface area contributed by atoms with E-state index in [-0.39, 0.29) is 6.29 Å². The summed E-state index contributed by atoms with van der Waals surface area (Å²) in [6, 6.07) is 0. The van der Waals surface area contributed by atoms with Gasteiger partial charge in [0.1, 0.15) is 0 Å². The fraction of sp³-hybridized carbons (Fsp3) is 1.00. The van der Waals surface area contributed by atoms with Crippen molar-refractivity contribution in [2.75, 3.05) is 13.2 Å². The molecule has 2 nitrogen and oxygen atoms in total. The second-order valence-electron chi connectivity index (χ2n) is 5.36. The van der Waals surface area contributed by atoms with Gasteiger partial charge in [0.15, 0.2) is 6.29 Å². The molecule has 0 N–H and O–H groups in total. The standard InChI is InChI=1S/C15H29FO2/c1-14(16)10-7-5-3-2-4-6-8-11-15-17-12-9-13-18-15/h14-15H,2-13H2,1H3. The maximum absolute atomic E-state index is 12.5. The molecule has 0 radical (unpaired) electrons. The van der Waals surface area contributed by atoms with Crippen molar-refractivity contribution in [3.8, 4) is 0 Å². The first kappa shape index (κ1) is 15.9. The van der Waals surface area contributed by atoms with Gasteiger partial charge in [-0.3, -0.25) is 0 Å². The molecule has 3 heteroatoms. The molecular weight excluding hydrogens is 231 g/mol. The molecule has 0 aromatic carbocycles. The Kier molecular flexibility index (Phi) is 9.49. The fourth-order valence-electron chi connectivity index (χ4n) is 2.32. The Labute approximate surface area is 111 Å². The van der Waals surface area contributed by atoms with E-state index >= 15 is 0 Å². The van der Waals surface area contributed by atoms with E-state index in [1.807, 2.05) is 0 Å². The van der Waals surface area contributed by atoms with Crippen LogP contribution in [0.15, 0.2) is 0 Å². The van der Waals surface area contributed by atoms with Crippen LogP contribution in [0, 0.1) is 0 Å². The molecule has 0 aliphatic carbocycles. The van der Waals surface area contributed by atoms with E-state index in [1.54, 1.807) is 6.92 Å². The predicted octanol–water partition coefficient (Wildman–Crippen LogP) is 4.62. The van der Waals surface area contributed by atoms with Crippen LogP contribution < -0.4 is 0 Å². The highest BCUT2D eigenvalue weighted by molar-refractivity contribution is 4.54.